The van der Waals surface area contributed by atoms with Gasteiger partial charge in [0.2, 0.25) is 5.54 Å². The Morgan fingerprint density at radius 3 is 1.92 bits per heavy atom. The highest BCUT2D eigenvalue weighted by Crippen LogP contribution is 2.29. The summed E-state index contributed by atoms with van der Waals surface area (Å²) >= 11 is 0. The van der Waals surface area contributed by atoms with Crippen molar-refractivity contribution in [2.75, 3.05) is 6.26 Å². The van der Waals surface area contributed by atoms with E-state index in [0.717, 1.165) is 0 Å². The molecule has 0 radical (unpaired) electrons. The summed E-state index contributed by atoms with van der Waals surface area (Å²) < 4.78 is 23.8. The molecular weight excluding hydrogens is 346 g/mol. The number of sulfone groups is 1. The van der Waals surface area contributed by atoms with Crippen molar-refractivity contribution in [3.8, 4) is 0 Å². The van der Waals surface area contributed by atoms with Crippen molar-refractivity contribution in [1.29, 1.82) is 0 Å². The van der Waals surface area contributed by atoms with Gasteiger partial charge in [0.25, 0.3) is 5.91 Å². The van der Waals surface area contributed by atoms with Crippen LogP contribution in [0.15, 0.2) is 60.7 Å². The monoisotopic (exact) mass is 363 g/mol. The highest BCUT2D eigenvalue weighted by molar-refractivity contribution is 7.91. The predicted octanol–water partition coefficient (Wildman–Crippen LogP) is 0.759. The number of nitrogens with one attached hydrogen (secondary N) is 1. The van der Waals surface area contributed by atoms with Gasteiger partial charge in [0.15, 0.2) is 15.3 Å². The maximum Gasteiger partial charge on any atom is 0.338 e. The number of hydrogen-bond acceptors (Lipinski definition) is 5. The smallest absolute Gasteiger partial charge is 0.338 e. The Morgan fingerprint density at radius 2 is 1.48 bits per heavy atom. The van der Waals surface area contributed by atoms with Gasteiger partial charge in [-0.15, -0.1) is 0 Å². The molecular formula is C17H17NO6S. The first-order valence-corrected chi connectivity index (χ1v) is 9.18. The van der Waals surface area contributed by atoms with Gasteiger partial charge >= 0.3 is 5.97 Å². The third-order valence-electron chi connectivity index (χ3n) is 3.69. The van der Waals surface area contributed by atoms with Gasteiger partial charge in [0, 0.05) is 11.8 Å². The van der Waals surface area contributed by atoms with E-state index in [4.69, 9.17) is 0 Å². The molecule has 2 atom stereocenters. The van der Waals surface area contributed by atoms with E-state index in [2.05, 4.69) is 5.32 Å². The van der Waals surface area contributed by atoms with Crippen LogP contribution in [-0.2, 0) is 20.2 Å². The van der Waals surface area contributed by atoms with Crippen molar-refractivity contribution in [3.05, 3.63) is 71.8 Å². The third-order valence-corrected chi connectivity index (χ3v) is 4.85. The van der Waals surface area contributed by atoms with Crippen LogP contribution in [0.1, 0.15) is 15.9 Å². The molecule has 0 heterocycles. The van der Waals surface area contributed by atoms with Gasteiger partial charge in [0.05, 0.1) is 0 Å². The Hall–Kier alpha value is -2.71. The lowest BCUT2D eigenvalue weighted by atomic mass is 9.90. The number of aliphatic hydroxyl groups excluding tert-OH is 1. The Labute approximate surface area is 144 Å². The van der Waals surface area contributed by atoms with Gasteiger partial charge in [0.1, 0.15) is 0 Å². The molecule has 2 aromatic carbocycles. The first-order valence-electron chi connectivity index (χ1n) is 7.23. The standard InChI is InChI=1S/C17H17NO6S/c1-25(23,24)16(22)17(15(20)21,13-10-6-3-7-11-13)18-14(19)12-8-4-2-5-9-12/h2-11,16,22H,1H3,(H,18,19)(H,20,21)/t16-,17?/m0/s1. The molecule has 1 amide bonds. The van der Waals surface area contributed by atoms with E-state index in [1.807, 2.05) is 0 Å². The highest BCUT2D eigenvalue weighted by atomic mass is 32.2. The number of benzene rings is 2. The van der Waals surface area contributed by atoms with E-state index >= 15 is 0 Å². The summed E-state index contributed by atoms with van der Waals surface area (Å²) in [7, 11) is -4.22. The summed E-state index contributed by atoms with van der Waals surface area (Å²) in [5.74, 6) is -2.52. The van der Waals surface area contributed by atoms with E-state index in [-0.39, 0.29) is 11.1 Å². The second-order valence-electron chi connectivity index (χ2n) is 5.48. The summed E-state index contributed by atoms with van der Waals surface area (Å²) in [5, 5.41) is 22.3. The zero-order valence-corrected chi connectivity index (χ0v) is 14.1. The number of amides is 1. The topological polar surface area (TPSA) is 121 Å². The van der Waals surface area contributed by atoms with Crippen LogP contribution in [0.25, 0.3) is 0 Å². The Bertz CT molecular complexity index is 867. The largest absolute Gasteiger partial charge is 0.479 e. The molecule has 132 valence electrons. The molecule has 7 nitrogen and oxygen atoms in total. The van der Waals surface area contributed by atoms with E-state index in [9.17, 15) is 28.2 Å². The van der Waals surface area contributed by atoms with Crippen LogP contribution in [0.2, 0.25) is 0 Å². The van der Waals surface area contributed by atoms with Crippen LogP contribution in [0.5, 0.6) is 0 Å². The molecule has 0 spiro atoms. The quantitative estimate of drug-likeness (QED) is 0.697. The second kappa shape index (κ2) is 7.04. The van der Waals surface area contributed by atoms with Crippen LogP contribution in [-0.4, -0.2) is 42.2 Å². The van der Waals surface area contributed by atoms with Crippen LogP contribution in [0.4, 0.5) is 0 Å². The van der Waals surface area contributed by atoms with Gasteiger partial charge < -0.3 is 15.5 Å². The Balaban J connectivity index is 2.63. The lowest BCUT2D eigenvalue weighted by Crippen LogP contribution is -2.61. The molecule has 3 N–H and O–H groups in total. The van der Waals surface area contributed by atoms with Crippen molar-refractivity contribution in [2.24, 2.45) is 0 Å². The SMILES string of the molecule is CS(=O)(=O)[C@H](O)C(NC(=O)c1ccccc1)(C(=O)O)c1ccccc1. The molecule has 0 aliphatic heterocycles. The molecule has 2 aromatic rings. The van der Waals surface area contributed by atoms with Crippen LogP contribution >= 0.6 is 0 Å². The highest BCUT2D eigenvalue weighted by Gasteiger charge is 2.53. The van der Waals surface area contributed by atoms with Crippen molar-refractivity contribution in [3.63, 3.8) is 0 Å². The molecule has 1 unspecified atom stereocenters. The summed E-state index contributed by atoms with van der Waals surface area (Å²) in [4.78, 5) is 24.5. The number of carbonyl (C=O) groups is 2. The number of hydrogen-bond donors (Lipinski definition) is 3. The zero-order valence-electron chi connectivity index (χ0n) is 13.3. The van der Waals surface area contributed by atoms with Crippen molar-refractivity contribution >= 4 is 21.7 Å². The summed E-state index contributed by atoms with van der Waals surface area (Å²) in [6.45, 7) is 0. The van der Waals surface area contributed by atoms with Crippen LogP contribution in [0, 0.1) is 0 Å². The molecule has 25 heavy (non-hydrogen) atoms. The molecule has 0 saturated carbocycles. The molecule has 8 heteroatoms. The Kier molecular flexibility index (Phi) is 5.24. The average Bonchev–Trinajstić information content (AvgIpc) is 2.59. The van der Waals surface area contributed by atoms with Gasteiger partial charge in [-0.2, -0.15) is 0 Å². The van der Waals surface area contributed by atoms with Gasteiger partial charge in [-0.25, -0.2) is 13.2 Å². The van der Waals surface area contributed by atoms with Crippen molar-refractivity contribution < 1.29 is 28.2 Å². The predicted molar refractivity (Wildman–Crippen MR) is 90.5 cm³/mol. The summed E-state index contributed by atoms with van der Waals surface area (Å²) in [6, 6.07) is 14.9. The maximum absolute atomic E-state index is 12.5. The lowest BCUT2D eigenvalue weighted by molar-refractivity contribution is -0.148. The number of aliphatic carboxylic acids is 1. The molecule has 2 rings (SSSR count). The zero-order chi connectivity index (χ0) is 18.7. The number of carboxylic acids is 1. The number of aliphatic hydroxyl groups is 1. The molecule has 0 aromatic heterocycles. The molecule has 0 aliphatic rings. The third kappa shape index (κ3) is 3.70. The maximum atomic E-state index is 12.5. The number of rotatable bonds is 6. The second-order valence-corrected chi connectivity index (χ2v) is 7.59. The fourth-order valence-corrected chi connectivity index (χ4v) is 3.36. The van der Waals surface area contributed by atoms with E-state index in [0.29, 0.717) is 6.26 Å². The lowest BCUT2D eigenvalue weighted by Gasteiger charge is -2.34. The van der Waals surface area contributed by atoms with Gasteiger partial charge in [-0.1, -0.05) is 48.5 Å². The van der Waals surface area contributed by atoms with E-state index < -0.39 is 32.7 Å². The van der Waals surface area contributed by atoms with E-state index in [1.54, 1.807) is 24.3 Å². The molecule has 0 fully saturated rings. The molecule has 0 aliphatic carbocycles. The first kappa shape index (κ1) is 18.6. The normalized spacial score (nSPS) is 15.0. The summed E-state index contributed by atoms with van der Waals surface area (Å²) in [5.41, 5.74) is -4.87. The van der Waals surface area contributed by atoms with Crippen LogP contribution < -0.4 is 5.32 Å². The summed E-state index contributed by atoms with van der Waals surface area (Å²) in [6.07, 6.45) is 0.701. The van der Waals surface area contributed by atoms with Gasteiger partial charge in [-0.3, -0.25) is 4.79 Å². The first-order chi connectivity index (χ1) is 11.7. The number of carbonyl (C=O) groups excluding carboxylic acids is 1. The van der Waals surface area contributed by atoms with Gasteiger partial charge in [-0.05, 0) is 17.7 Å². The minimum absolute atomic E-state index is 0.0651. The minimum atomic E-state index is -4.22. The molecule has 0 saturated heterocycles. The fourth-order valence-electron chi connectivity index (χ4n) is 2.42. The number of carboxylic acid groups (broad SMARTS) is 1. The minimum Gasteiger partial charge on any atom is -0.479 e. The van der Waals surface area contributed by atoms with Crippen LogP contribution in [0.3, 0.4) is 0 Å². The van der Waals surface area contributed by atoms with Crippen molar-refractivity contribution in [2.45, 2.75) is 11.0 Å². The van der Waals surface area contributed by atoms with Crippen molar-refractivity contribution in [1.82, 2.24) is 5.32 Å². The Morgan fingerprint density at radius 1 is 1.00 bits per heavy atom. The fraction of sp³-hybridized carbons (Fsp3) is 0.176. The van der Waals surface area contributed by atoms with E-state index in [1.165, 1.54) is 36.4 Å². The average molecular weight is 363 g/mol. The molecule has 0 bridgehead atoms.